The molecule has 0 bridgehead atoms. The molecule has 0 aromatic heterocycles. The van der Waals surface area contributed by atoms with E-state index in [-0.39, 0.29) is 11.8 Å². The molecular weight excluding hydrogens is 571 g/mol. The summed E-state index contributed by atoms with van der Waals surface area (Å²) in [5, 5.41) is 0. The van der Waals surface area contributed by atoms with Crippen LogP contribution in [0, 0.1) is 5.92 Å². The van der Waals surface area contributed by atoms with E-state index in [1.54, 1.807) is 14.2 Å². The van der Waals surface area contributed by atoms with Gasteiger partial charge in [-0.25, -0.2) is 4.57 Å². The molecule has 228 valence electrons. The molecular formula is C37H39O6P. The maximum Gasteiger partial charge on any atom is 0.527 e. The second-order valence-electron chi connectivity index (χ2n) is 12.6. The summed E-state index contributed by atoms with van der Waals surface area (Å²) < 4.78 is 37.4. The van der Waals surface area contributed by atoms with Crippen molar-refractivity contribution in [2.24, 2.45) is 5.92 Å². The monoisotopic (exact) mass is 610 g/mol. The van der Waals surface area contributed by atoms with Gasteiger partial charge in [0.25, 0.3) is 0 Å². The van der Waals surface area contributed by atoms with Crippen LogP contribution in [0.15, 0.2) is 78.9 Å². The number of phosphoric acid groups is 1. The van der Waals surface area contributed by atoms with Crippen LogP contribution in [-0.4, -0.2) is 25.2 Å². The molecule has 1 heterocycles. The number of rotatable bonds is 6. The van der Waals surface area contributed by atoms with Crippen LogP contribution in [0.4, 0.5) is 0 Å². The third kappa shape index (κ3) is 5.44. The molecule has 3 aliphatic rings. The highest BCUT2D eigenvalue weighted by Crippen LogP contribution is 2.61. The topological polar surface area (TPSA) is 74.2 Å². The molecule has 0 radical (unpaired) electrons. The average molecular weight is 611 g/mol. The maximum absolute atomic E-state index is 14.0. The first kappa shape index (κ1) is 29.5. The average Bonchev–Trinajstić information content (AvgIpc) is 3.14. The fourth-order valence-corrected chi connectivity index (χ4v) is 8.73. The molecule has 0 saturated carbocycles. The second-order valence-corrected chi connectivity index (χ2v) is 13.9. The third-order valence-electron chi connectivity index (χ3n) is 9.54. The summed E-state index contributed by atoms with van der Waals surface area (Å²) in [7, 11) is -1.14. The van der Waals surface area contributed by atoms with Crippen LogP contribution in [-0.2, 0) is 51.0 Å². The summed E-state index contributed by atoms with van der Waals surface area (Å²) in [6.45, 7) is 3.27. The second kappa shape index (κ2) is 11.9. The maximum atomic E-state index is 14.0. The largest absolute Gasteiger partial charge is 0.527 e. The van der Waals surface area contributed by atoms with Crippen molar-refractivity contribution in [3.05, 3.63) is 123 Å². The number of phosphoric ester groups is 1. The normalized spacial score (nSPS) is 25.5. The van der Waals surface area contributed by atoms with Gasteiger partial charge in [0, 0.05) is 37.2 Å². The Morgan fingerprint density at radius 3 is 2.43 bits per heavy atom. The summed E-state index contributed by atoms with van der Waals surface area (Å²) in [5.74, 6) is 0.576. The van der Waals surface area contributed by atoms with Crippen molar-refractivity contribution in [2.75, 3.05) is 14.2 Å². The minimum absolute atomic E-state index is 0.159. The van der Waals surface area contributed by atoms with Crippen LogP contribution in [0.3, 0.4) is 0 Å². The van der Waals surface area contributed by atoms with Crippen molar-refractivity contribution >= 4 is 7.82 Å². The van der Waals surface area contributed by atoms with Gasteiger partial charge in [0.1, 0.15) is 5.75 Å². The third-order valence-corrected chi connectivity index (χ3v) is 10.5. The van der Waals surface area contributed by atoms with Crippen molar-refractivity contribution in [2.45, 2.75) is 63.8 Å². The quantitative estimate of drug-likeness (QED) is 0.222. The highest BCUT2D eigenvalue weighted by atomic mass is 31.2. The van der Waals surface area contributed by atoms with Gasteiger partial charge < -0.3 is 14.0 Å². The molecule has 7 rings (SSSR count). The van der Waals surface area contributed by atoms with Gasteiger partial charge in [-0.1, -0.05) is 73.7 Å². The lowest BCUT2D eigenvalue weighted by Crippen LogP contribution is -2.35. The summed E-state index contributed by atoms with van der Waals surface area (Å²) in [6.07, 6.45) is 2.99. The number of fused-ring (bicyclic) bond motifs is 7. The van der Waals surface area contributed by atoms with E-state index in [1.165, 1.54) is 16.7 Å². The molecule has 6 nitrogen and oxygen atoms in total. The lowest BCUT2D eigenvalue weighted by Gasteiger charge is -2.40. The van der Waals surface area contributed by atoms with Gasteiger partial charge in [0.2, 0.25) is 0 Å². The zero-order valence-corrected chi connectivity index (χ0v) is 26.4. The lowest BCUT2D eigenvalue weighted by molar-refractivity contribution is 0.107. The van der Waals surface area contributed by atoms with Gasteiger partial charge in [0.15, 0.2) is 0 Å². The fourth-order valence-electron chi connectivity index (χ4n) is 7.68. The van der Waals surface area contributed by atoms with Crippen LogP contribution in [0.1, 0.15) is 69.7 Å². The number of hydrogen-bond acceptors (Lipinski definition) is 5. The zero-order valence-electron chi connectivity index (χ0n) is 25.5. The van der Waals surface area contributed by atoms with E-state index in [4.69, 9.17) is 18.5 Å². The Kier molecular flexibility index (Phi) is 7.98. The Morgan fingerprint density at radius 2 is 1.64 bits per heavy atom. The molecule has 0 saturated heterocycles. The van der Waals surface area contributed by atoms with Crippen LogP contribution in [0.2, 0.25) is 0 Å². The van der Waals surface area contributed by atoms with Gasteiger partial charge in [-0.15, -0.1) is 0 Å². The van der Waals surface area contributed by atoms with Crippen molar-refractivity contribution < 1.29 is 28.0 Å². The number of benzene rings is 4. The fraction of sp³-hybridized carbons (Fsp3) is 0.351. The van der Waals surface area contributed by atoms with Crippen molar-refractivity contribution in [1.82, 2.24) is 0 Å². The number of methoxy groups -OCH3 is 2. The SMILES string of the molecule is COCc1cccc(-c2cc3c(c4c2OP(=O)(O)OC2C(c5cccc(COC)c5)Cc5ccccc5[C@H]42)CCC(C)C3)c1. The molecule has 0 fully saturated rings. The van der Waals surface area contributed by atoms with E-state index in [2.05, 4.69) is 55.5 Å². The zero-order chi connectivity index (χ0) is 30.4. The molecule has 1 N–H and O–H groups in total. The molecule has 0 amide bonds. The van der Waals surface area contributed by atoms with E-state index in [0.29, 0.717) is 31.3 Å². The predicted octanol–water partition coefficient (Wildman–Crippen LogP) is 8.12. The summed E-state index contributed by atoms with van der Waals surface area (Å²) in [4.78, 5) is 11.4. The smallest absolute Gasteiger partial charge is 0.403 e. The molecule has 2 aliphatic carbocycles. The highest BCUT2D eigenvalue weighted by molar-refractivity contribution is 7.47. The number of hydrogen-bond donors (Lipinski definition) is 1. The van der Waals surface area contributed by atoms with Crippen LogP contribution in [0.25, 0.3) is 11.1 Å². The molecule has 44 heavy (non-hydrogen) atoms. The van der Waals surface area contributed by atoms with Crippen LogP contribution >= 0.6 is 7.82 Å². The Balaban J connectivity index is 1.50. The molecule has 1 aliphatic heterocycles. The highest BCUT2D eigenvalue weighted by Gasteiger charge is 2.49. The number of ether oxygens (including phenoxy) is 2. The van der Waals surface area contributed by atoms with Crippen molar-refractivity contribution in [3.63, 3.8) is 0 Å². The van der Waals surface area contributed by atoms with Gasteiger partial charge in [-0.3, -0.25) is 9.42 Å². The van der Waals surface area contributed by atoms with Gasteiger partial charge in [-0.05, 0) is 88.2 Å². The Hall–Kier alpha value is -3.25. The Labute approximate surface area is 259 Å². The van der Waals surface area contributed by atoms with Crippen LogP contribution < -0.4 is 4.52 Å². The summed E-state index contributed by atoms with van der Waals surface area (Å²) >= 11 is 0. The Morgan fingerprint density at radius 1 is 0.886 bits per heavy atom. The van der Waals surface area contributed by atoms with Crippen LogP contribution in [0.5, 0.6) is 5.75 Å². The molecule has 5 atom stereocenters. The van der Waals surface area contributed by atoms with E-state index in [1.807, 2.05) is 30.3 Å². The van der Waals surface area contributed by atoms with Gasteiger partial charge >= 0.3 is 7.82 Å². The molecule has 4 aromatic carbocycles. The molecule has 7 heteroatoms. The summed E-state index contributed by atoms with van der Waals surface area (Å²) in [5.41, 5.74) is 10.8. The minimum atomic E-state index is -4.52. The first-order valence-electron chi connectivity index (χ1n) is 15.5. The molecule has 4 unspecified atom stereocenters. The molecule has 0 spiro atoms. The minimum Gasteiger partial charge on any atom is -0.403 e. The lowest BCUT2D eigenvalue weighted by atomic mass is 9.66. The van der Waals surface area contributed by atoms with E-state index >= 15 is 0 Å². The van der Waals surface area contributed by atoms with Crippen molar-refractivity contribution in [3.8, 4) is 16.9 Å². The van der Waals surface area contributed by atoms with Crippen molar-refractivity contribution in [1.29, 1.82) is 0 Å². The summed E-state index contributed by atoms with van der Waals surface area (Å²) in [6, 6.07) is 27.2. The standard InChI is InChI=1S/C37H39O6P/c1-23-14-15-31-29(16-23)20-33(27-12-7-9-25(18-27)22-41-3)37-35(31)34-30-13-5-4-10-28(30)19-32(36(34)42-44(38,39)43-37)26-11-6-8-24(17-26)21-40-2/h4-13,17-18,20,23,32,34,36H,14-16,19,21-22H2,1-3H3,(H,38,39)/t23?,32?,34-,36?/m1/s1. The van der Waals surface area contributed by atoms with E-state index in [0.717, 1.165) is 58.2 Å². The van der Waals surface area contributed by atoms with E-state index in [9.17, 15) is 9.46 Å². The Bertz CT molecular complexity index is 1750. The van der Waals surface area contributed by atoms with Gasteiger partial charge in [0.05, 0.1) is 19.3 Å². The first-order chi connectivity index (χ1) is 21.3. The molecule has 4 aromatic rings. The predicted molar refractivity (Wildman–Crippen MR) is 171 cm³/mol. The van der Waals surface area contributed by atoms with E-state index < -0.39 is 13.9 Å². The van der Waals surface area contributed by atoms with Gasteiger partial charge in [-0.2, -0.15) is 0 Å². The first-order valence-corrected chi connectivity index (χ1v) is 17.0.